The molecule has 35 heavy (non-hydrogen) atoms. The summed E-state index contributed by atoms with van der Waals surface area (Å²) in [5.74, 6) is -3.32. The van der Waals surface area contributed by atoms with Crippen molar-refractivity contribution in [3.05, 3.63) is 71.0 Å². The van der Waals surface area contributed by atoms with Gasteiger partial charge in [0, 0.05) is 22.3 Å². The fourth-order valence-electron chi connectivity index (χ4n) is 2.89. The molecule has 14 heteroatoms. The van der Waals surface area contributed by atoms with Gasteiger partial charge in [0.1, 0.15) is 12.4 Å². The standard InChI is InChI=1S/C21H16ClF3N6O4/c22-14-4-7-17(31-11-26-29-30-31)13(9-14)3-8-18(32)28-16(10-21(23,24)25)19(33)27-15-5-1-12(2-6-15)20(34)35/h1-9,11,16H,10H2,(H,27,33)(H,28,32)(H,34,35). The normalized spacial score (nSPS) is 12.3. The quantitative estimate of drug-likeness (QED) is 0.397. The lowest BCUT2D eigenvalue weighted by Crippen LogP contribution is -2.45. The molecule has 1 unspecified atom stereocenters. The smallest absolute Gasteiger partial charge is 0.391 e. The van der Waals surface area contributed by atoms with Gasteiger partial charge in [-0.2, -0.15) is 17.9 Å². The van der Waals surface area contributed by atoms with E-state index in [0.717, 1.165) is 6.08 Å². The number of rotatable bonds is 8. The Morgan fingerprint density at radius 3 is 2.46 bits per heavy atom. The zero-order valence-corrected chi connectivity index (χ0v) is 18.3. The maximum absolute atomic E-state index is 13.1. The minimum absolute atomic E-state index is 0.0574. The molecule has 0 radical (unpaired) electrons. The molecule has 0 aliphatic carbocycles. The molecule has 2 amide bonds. The van der Waals surface area contributed by atoms with Crippen LogP contribution in [0, 0.1) is 0 Å². The molecule has 0 aliphatic heterocycles. The molecule has 0 bridgehead atoms. The molecule has 3 N–H and O–H groups in total. The van der Waals surface area contributed by atoms with Crippen LogP contribution >= 0.6 is 11.6 Å². The Hall–Kier alpha value is -4.26. The Bertz CT molecular complexity index is 1250. The highest BCUT2D eigenvalue weighted by atomic mass is 35.5. The molecule has 182 valence electrons. The van der Waals surface area contributed by atoms with Crippen LogP contribution < -0.4 is 10.6 Å². The summed E-state index contributed by atoms with van der Waals surface area (Å²) in [6.07, 6.45) is -2.86. The number of alkyl halides is 3. The molecule has 0 aliphatic rings. The fourth-order valence-corrected chi connectivity index (χ4v) is 3.07. The van der Waals surface area contributed by atoms with Gasteiger partial charge in [0.25, 0.3) is 0 Å². The van der Waals surface area contributed by atoms with Gasteiger partial charge in [-0.15, -0.1) is 5.10 Å². The molecule has 1 heterocycles. The predicted octanol–water partition coefficient (Wildman–Crippen LogP) is 3.10. The highest BCUT2D eigenvalue weighted by Gasteiger charge is 2.36. The topological polar surface area (TPSA) is 139 Å². The van der Waals surface area contributed by atoms with Crippen LogP contribution in [0.1, 0.15) is 22.3 Å². The number of hydrogen-bond donors (Lipinski definition) is 3. The largest absolute Gasteiger partial charge is 0.478 e. The van der Waals surface area contributed by atoms with E-state index < -0.39 is 36.4 Å². The SMILES string of the molecule is O=C(C=Cc1cc(Cl)ccc1-n1cnnn1)NC(CC(F)(F)F)C(=O)Nc1ccc(C(=O)O)cc1. The van der Waals surface area contributed by atoms with Crippen LogP contribution in [0.3, 0.4) is 0 Å². The molecule has 3 rings (SSSR count). The average Bonchev–Trinajstić information content (AvgIpc) is 3.31. The first-order chi connectivity index (χ1) is 16.5. The highest BCUT2D eigenvalue weighted by Crippen LogP contribution is 2.23. The summed E-state index contributed by atoms with van der Waals surface area (Å²) >= 11 is 5.99. The summed E-state index contributed by atoms with van der Waals surface area (Å²) in [5, 5.41) is 24.3. The molecule has 0 spiro atoms. The van der Waals surface area contributed by atoms with Crippen LogP contribution in [0.25, 0.3) is 11.8 Å². The lowest BCUT2D eigenvalue weighted by atomic mass is 10.1. The van der Waals surface area contributed by atoms with Crippen LogP contribution in [0.15, 0.2) is 54.9 Å². The average molecular weight is 509 g/mol. The molecule has 0 saturated heterocycles. The van der Waals surface area contributed by atoms with Crippen LogP contribution in [0.2, 0.25) is 5.02 Å². The van der Waals surface area contributed by atoms with Gasteiger partial charge in [0.05, 0.1) is 17.7 Å². The number of carbonyl (C=O) groups excluding carboxylic acids is 2. The van der Waals surface area contributed by atoms with Gasteiger partial charge >= 0.3 is 12.1 Å². The first-order valence-electron chi connectivity index (χ1n) is 9.74. The molecule has 3 aromatic rings. The van der Waals surface area contributed by atoms with Crippen molar-refractivity contribution in [3.63, 3.8) is 0 Å². The zero-order chi connectivity index (χ0) is 25.6. The third kappa shape index (κ3) is 7.37. The number of amides is 2. The second-order valence-corrected chi connectivity index (χ2v) is 7.48. The number of halogens is 4. The van der Waals surface area contributed by atoms with Crippen molar-refractivity contribution in [1.29, 1.82) is 0 Å². The molecule has 0 fully saturated rings. The van der Waals surface area contributed by atoms with E-state index in [1.165, 1.54) is 47.4 Å². The first kappa shape index (κ1) is 25.4. The lowest BCUT2D eigenvalue weighted by Gasteiger charge is -2.19. The van der Waals surface area contributed by atoms with E-state index in [0.29, 0.717) is 16.3 Å². The van der Waals surface area contributed by atoms with E-state index in [9.17, 15) is 27.6 Å². The number of benzene rings is 2. The number of nitrogens with zero attached hydrogens (tertiary/aromatic N) is 4. The molecular formula is C21H16ClF3N6O4. The first-order valence-corrected chi connectivity index (χ1v) is 10.1. The van der Waals surface area contributed by atoms with Crippen molar-refractivity contribution in [2.45, 2.75) is 18.6 Å². The van der Waals surface area contributed by atoms with Crippen molar-refractivity contribution in [2.75, 3.05) is 5.32 Å². The van der Waals surface area contributed by atoms with Crippen molar-refractivity contribution in [1.82, 2.24) is 25.5 Å². The van der Waals surface area contributed by atoms with Gasteiger partial charge in [-0.3, -0.25) is 9.59 Å². The summed E-state index contributed by atoms with van der Waals surface area (Å²) in [4.78, 5) is 35.8. The molecule has 1 atom stereocenters. The Morgan fingerprint density at radius 1 is 1.14 bits per heavy atom. The van der Waals surface area contributed by atoms with E-state index in [2.05, 4.69) is 20.8 Å². The Morgan fingerprint density at radius 2 is 1.86 bits per heavy atom. The zero-order valence-electron chi connectivity index (χ0n) is 17.5. The Balaban J connectivity index is 1.75. The molecule has 1 aromatic heterocycles. The second-order valence-electron chi connectivity index (χ2n) is 7.04. The number of carbonyl (C=O) groups is 3. The van der Waals surface area contributed by atoms with Crippen LogP contribution in [0.5, 0.6) is 0 Å². The van der Waals surface area contributed by atoms with Gasteiger partial charge in [0.2, 0.25) is 11.8 Å². The van der Waals surface area contributed by atoms with Crippen LogP contribution in [0.4, 0.5) is 18.9 Å². The fraction of sp³-hybridized carbons (Fsp3) is 0.143. The molecule has 2 aromatic carbocycles. The van der Waals surface area contributed by atoms with E-state index in [1.807, 2.05) is 5.32 Å². The van der Waals surface area contributed by atoms with Gasteiger partial charge in [-0.05, 0) is 59.0 Å². The van der Waals surface area contributed by atoms with Gasteiger partial charge in [0.15, 0.2) is 0 Å². The van der Waals surface area contributed by atoms with Gasteiger partial charge < -0.3 is 15.7 Å². The Labute approximate surface area is 200 Å². The van der Waals surface area contributed by atoms with Crippen molar-refractivity contribution in [2.24, 2.45) is 0 Å². The highest BCUT2D eigenvalue weighted by molar-refractivity contribution is 6.30. The number of hydrogen-bond acceptors (Lipinski definition) is 6. The van der Waals surface area contributed by atoms with Crippen molar-refractivity contribution >= 4 is 41.1 Å². The molecule has 10 nitrogen and oxygen atoms in total. The second kappa shape index (κ2) is 10.8. The summed E-state index contributed by atoms with van der Waals surface area (Å²) < 4.78 is 40.4. The van der Waals surface area contributed by atoms with E-state index in [4.69, 9.17) is 16.7 Å². The number of nitrogens with one attached hydrogen (secondary N) is 2. The van der Waals surface area contributed by atoms with E-state index in [1.54, 1.807) is 12.1 Å². The van der Waals surface area contributed by atoms with Crippen molar-refractivity contribution in [3.8, 4) is 5.69 Å². The third-order valence-electron chi connectivity index (χ3n) is 4.47. The number of carboxylic acids is 1. The van der Waals surface area contributed by atoms with Crippen molar-refractivity contribution < 1.29 is 32.7 Å². The Kier molecular flexibility index (Phi) is 7.81. The van der Waals surface area contributed by atoms with E-state index in [-0.39, 0.29) is 11.3 Å². The summed E-state index contributed by atoms with van der Waals surface area (Å²) in [5.41, 5.74) is 0.811. The number of aromatic carboxylic acids is 1. The van der Waals surface area contributed by atoms with Gasteiger partial charge in [-0.1, -0.05) is 11.6 Å². The molecular weight excluding hydrogens is 493 g/mol. The minimum Gasteiger partial charge on any atom is -0.478 e. The number of aromatic nitrogens is 4. The van der Waals surface area contributed by atoms with Crippen LogP contribution in [-0.2, 0) is 9.59 Å². The minimum atomic E-state index is -4.76. The third-order valence-corrected chi connectivity index (χ3v) is 4.70. The van der Waals surface area contributed by atoms with Crippen LogP contribution in [-0.4, -0.2) is 55.3 Å². The lowest BCUT2D eigenvalue weighted by molar-refractivity contribution is -0.148. The van der Waals surface area contributed by atoms with Gasteiger partial charge in [-0.25, -0.2) is 4.79 Å². The molecule has 0 saturated carbocycles. The number of carboxylic acid groups (broad SMARTS) is 1. The number of anilines is 1. The summed E-state index contributed by atoms with van der Waals surface area (Å²) in [6.45, 7) is 0. The maximum atomic E-state index is 13.1. The number of tetrazole rings is 1. The maximum Gasteiger partial charge on any atom is 0.391 e. The van der Waals surface area contributed by atoms with E-state index >= 15 is 0 Å². The summed E-state index contributed by atoms with van der Waals surface area (Å²) in [7, 11) is 0. The predicted molar refractivity (Wildman–Crippen MR) is 118 cm³/mol. The monoisotopic (exact) mass is 508 g/mol. The summed E-state index contributed by atoms with van der Waals surface area (Å²) in [6, 6.07) is 7.44.